The van der Waals surface area contributed by atoms with Crippen molar-refractivity contribution in [2.75, 3.05) is 18.5 Å². The molecule has 0 bridgehead atoms. The molecule has 0 saturated heterocycles. The van der Waals surface area contributed by atoms with Crippen molar-refractivity contribution < 1.29 is 14.3 Å². The van der Waals surface area contributed by atoms with E-state index in [0.717, 1.165) is 20.6 Å². The van der Waals surface area contributed by atoms with Gasteiger partial charge in [-0.05, 0) is 64.9 Å². The Balaban J connectivity index is 1.67. The van der Waals surface area contributed by atoms with Crippen LogP contribution in [0.15, 0.2) is 36.4 Å². The van der Waals surface area contributed by atoms with Crippen molar-refractivity contribution in [3.63, 3.8) is 0 Å². The minimum atomic E-state index is -0.0451. The van der Waals surface area contributed by atoms with Crippen LogP contribution in [0.25, 0.3) is 0 Å². The van der Waals surface area contributed by atoms with Gasteiger partial charge in [0.1, 0.15) is 13.2 Å². The highest BCUT2D eigenvalue weighted by molar-refractivity contribution is 14.1. The number of fused-ring (bicyclic) bond motifs is 1. The Morgan fingerprint density at radius 3 is 2.68 bits per heavy atom. The van der Waals surface area contributed by atoms with Gasteiger partial charge in [0.15, 0.2) is 11.5 Å². The van der Waals surface area contributed by atoms with Crippen molar-refractivity contribution in [2.24, 2.45) is 0 Å². The lowest BCUT2D eigenvalue weighted by Crippen LogP contribution is -2.17. The summed E-state index contributed by atoms with van der Waals surface area (Å²) < 4.78 is 12.1. The number of aryl methyl sites for hydroxylation is 1. The minimum absolute atomic E-state index is 0.0451. The van der Waals surface area contributed by atoms with Gasteiger partial charge >= 0.3 is 0 Å². The van der Waals surface area contributed by atoms with E-state index < -0.39 is 0 Å². The van der Waals surface area contributed by atoms with Gasteiger partial charge in [0, 0.05) is 9.26 Å². The minimum Gasteiger partial charge on any atom is -0.486 e. The van der Waals surface area contributed by atoms with Crippen LogP contribution < -0.4 is 14.8 Å². The zero-order valence-electron chi connectivity index (χ0n) is 12.2. The first-order valence-electron chi connectivity index (χ1n) is 7.06. The number of anilines is 1. The zero-order valence-corrected chi connectivity index (χ0v) is 14.3. The fraction of sp³-hybridized carbons (Fsp3) is 0.235. The van der Waals surface area contributed by atoms with Crippen LogP contribution in [0.1, 0.15) is 11.1 Å². The summed E-state index contributed by atoms with van der Waals surface area (Å²) in [6.45, 7) is 3.16. The summed E-state index contributed by atoms with van der Waals surface area (Å²) in [5.74, 6) is 1.40. The molecule has 2 aromatic carbocycles. The lowest BCUT2D eigenvalue weighted by Gasteiger charge is -2.18. The molecule has 114 valence electrons. The van der Waals surface area contributed by atoms with Gasteiger partial charge in [0.2, 0.25) is 5.91 Å². The summed E-state index contributed by atoms with van der Waals surface area (Å²) in [5, 5.41) is 2.92. The van der Waals surface area contributed by atoms with Crippen LogP contribution in [0.2, 0.25) is 0 Å². The van der Waals surface area contributed by atoms with Crippen molar-refractivity contribution in [1.29, 1.82) is 0 Å². The fourth-order valence-electron chi connectivity index (χ4n) is 2.26. The molecule has 1 aliphatic heterocycles. The molecule has 0 atom stereocenters. The molecule has 0 spiro atoms. The molecule has 1 heterocycles. The maximum absolute atomic E-state index is 12.2. The van der Waals surface area contributed by atoms with Crippen LogP contribution in [0.4, 0.5) is 5.69 Å². The Labute approximate surface area is 143 Å². The molecule has 22 heavy (non-hydrogen) atoms. The maximum atomic E-state index is 12.2. The highest BCUT2D eigenvalue weighted by Crippen LogP contribution is 2.31. The number of halogens is 1. The molecule has 0 saturated carbocycles. The average Bonchev–Trinajstić information content (AvgIpc) is 2.51. The molecular weight excluding hydrogens is 393 g/mol. The Kier molecular flexibility index (Phi) is 4.52. The van der Waals surface area contributed by atoms with E-state index in [1.165, 1.54) is 5.56 Å². The molecule has 0 aromatic heterocycles. The standard InChI is InChI=1S/C17H16INO3/c1-11-2-4-13(10-14(11)18)19-17(20)9-12-3-5-15-16(8-12)22-7-6-21-15/h2-5,8,10H,6-7,9H2,1H3,(H,19,20). The zero-order chi connectivity index (χ0) is 15.5. The SMILES string of the molecule is Cc1ccc(NC(=O)Cc2ccc3c(c2)OCCO3)cc1I. The van der Waals surface area contributed by atoms with Crippen molar-refractivity contribution in [1.82, 2.24) is 0 Å². The number of hydrogen-bond donors (Lipinski definition) is 1. The summed E-state index contributed by atoms with van der Waals surface area (Å²) >= 11 is 2.26. The first kappa shape index (κ1) is 15.1. The molecule has 0 unspecified atom stereocenters. The van der Waals surface area contributed by atoms with Gasteiger partial charge in [-0.2, -0.15) is 0 Å². The molecule has 4 nitrogen and oxygen atoms in total. The summed E-state index contributed by atoms with van der Waals surface area (Å²) in [5.41, 5.74) is 2.92. The second kappa shape index (κ2) is 6.56. The van der Waals surface area contributed by atoms with Gasteiger partial charge in [-0.25, -0.2) is 0 Å². The molecule has 0 aliphatic carbocycles. The smallest absolute Gasteiger partial charge is 0.228 e. The van der Waals surface area contributed by atoms with Crippen LogP contribution in [0.3, 0.4) is 0 Å². The second-order valence-electron chi connectivity index (χ2n) is 5.17. The lowest BCUT2D eigenvalue weighted by molar-refractivity contribution is -0.115. The molecule has 0 radical (unpaired) electrons. The topological polar surface area (TPSA) is 47.6 Å². The second-order valence-corrected chi connectivity index (χ2v) is 6.33. The molecule has 0 fully saturated rings. The Hall–Kier alpha value is -1.76. The number of rotatable bonds is 3. The third-order valence-corrected chi connectivity index (χ3v) is 4.59. The van der Waals surface area contributed by atoms with Crippen LogP contribution in [0.5, 0.6) is 11.5 Å². The first-order valence-corrected chi connectivity index (χ1v) is 8.14. The van der Waals surface area contributed by atoms with E-state index >= 15 is 0 Å². The molecule has 5 heteroatoms. The Bertz CT molecular complexity index is 715. The van der Waals surface area contributed by atoms with Crippen molar-refractivity contribution in [2.45, 2.75) is 13.3 Å². The van der Waals surface area contributed by atoms with Gasteiger partial charge in [-0.15, -0.1) is 0 Å². The monoisotopic (exact) mass is 409 g/mol. The van der Waals surface area contributed by atoms with Crippen LogP contribution in [-0.2, 0) is 11.2 Å². The summed E-state index contributed by atoms with van der Waals surface area (Å²) in [4.78, 5) is 12.2. The highest BCUT2D eigenvalue weighted by atomic mass is 127. The number of ether oxygens (including phenoxy) is 2. The van der Waals surface area contributed by atoms with Crippen molar-refractivity contribution in [3.05, 3.63) is 51.1 Å². The van der Waals surface area contributed by atoms with E-state index in [9.17, 15) is 4.79 Å². The quantitative estimate of drug-likeness (QED) is 0.789. The number of carbonyl (C=O) groups excluding carboxylic acids is 1. The van der Waals surface area contributed by atoms with E-state index in [1.54, 1.807) is 0 Å². The predicted octanol–water partition coefficient (Wildman–Crippen LogP) is 3.55. The van der Waals surface area contributed by atoms with Gasteiger partial charge in [-0.1, -0.05) is 12.1 Å². The van der Waals surface area contributed by atoms with E-state index in [0.29, 0.717) is 25.4 Å². The number of hydrogen-bond acceptors (Lipinski definition) is 3. The number of carbonyl (C=O) groups is 1. The van der Waals surface area contributed by atoms with Gasteiger partial charge in [0.05, 0.1) is 6.42 Å². The van der Waals surface area contributed by atoms with E-state index in [4.69, 9.17) is 9.47 Å². The molecule has 3 rings (SSSR count). The van der Waals surface area contributed by atoms with Crippen molar-refractivity contribution in [3.8, 4) is 11.5 Å². The van der Waals surface area contributed by atoms with Crippen LogP contribution >= 0.6 is 22.6 Å². The average molecular weight is 409 g/mol. The predicted molar refractivity (Wildman–Crippen MR) is 93.7 cm³/mol. The molecular formula is C17H16INO3. The normalized spacial score (nSPS) is 12.8. The highest BCUT2D eigenvalue weighted by Gasteiger charge is 2.13. The number of benzene rings is 2. The van der Waals surface area contributed by atoms with Crippen molar-refractivity contribution >= 4 is 34.2 Å². The molecule has 1 N–H and O–H groups in total. The largest absolute Gasteiger partial charge is 0.486 e. The third kappa shape index (κ3) is 3.52. The van der Waals surface area contributed by atoms with Gasteiger partial charge in [0.25, 0.3) is 0 Å². The first-order chi connectivity index (χ1) is 10.6. The fourth-order valence-corrected chi connectivity index (χ4v) is 2.77. The third-order valence-electron chi connectivity index (χ3n) is 3.43. The van der Waals surface area contributed by atoms with Gasteiger partial charge < -0.3 is 14.8 Å². The molecule has 1 amide bonds. The van der Waals surface area contributed by atoms with Gasteiger partial charge in [-0.3, -0.25) is 4.79 Å². The Morgan fingerprint density at radius 1 is 1.14 bits per heavy atom. The number of nitrogens with one attached hydrogen (secondary N) is 1. The maximum Gasteiger partial charge on any atom is 0.228 e. The molecule has 2 aromatic rings. The Morgan fingerprint density at radius 2 is 1.91 bits per heavy atom. The summed E-state index contributed by atoms with van der Waals surface area (Å²) in [6, 6.07) is 11.5. The van der Waals surface area contributed by atoms with E-state index in [1.807, 2.05) is 43.3 Å². The van der Waals surface area contributed by atoms with Crippen LogP contribution in [0, 0.1) is 10.5 Å². The molecule has 1 aliphatic rings. The summed E-state index contributed by atoms with van der Waals surface area (Å²) in [6.07, 6.45) is 0.307. The van der Waals surface area contributed by atoms with Crippen LogP contribution in [-0.4, -0.2) is 19.1 Å². The summed E-state index contributed by atoms with van der Waals surface area (Å²) in [7, 11) is 0. The number of amides is 1. The van der Waals surface area contributed by atoms with E-state index in [2.05, 4.69) is 27.9 Å². The lowest BCUT2D eigenvalue weighted by atomic mass is 10.1. The van der Waals surface area contributed by atoms with E-state index in [-0.39, 0.29) is 5.91 Å².